The zero-order chi connectivity index (χ0) is 15.4. The number of carbonyl (C=O) groups is 1. The van der Waals surface area contributed by atoms with Crippen molar-refractivity contribution >= 4 is 18.3 Å². The average molecular weight is 338 g/mol. The molecule has 2 heterocycles. The number of hydrogen-bond donors (Lipinski definition) is 1. The van der Waals surface area contributed by atoms with E-state index < -0.39 is 0 Å². The highest BCUT2D eigenvalue weighted by atomic mass is 35.5. The molecule has 5 heteroatoms. The molecule has 1 aromatic carbocycles. The number of carbonyl (C=O) groups excluding carboxylic acids is 1. The number of amides is 1. The van der Waals surface area contributed by atoms with Crippen LogP contribution in [0.4, 0.5) is 0 Å². The summed E-state index contributed by atoms with van der Waals surface area (Å²) in [6.45, 7) is 8.99. The van der Waals surface area contributed by atoms with Crippen molar-refractivity contribution in [2.45, 2.75) is 25.2 Å². The van der Waals surface area contributed by atoms with Crippen molar-refractivity contribution in [2.75, 3.05) is 45.8 Å². The Labute approximate surface area is 145 Å². The predicted molar refractivity (Wildman–Crippen MR) is 96.2 cm³/mol. The van der Waals surface area contributed by atoms with Gasteiger partial charge in [-0.05, 0) is 18.5 Å². The van der Waals surface area contributed by atoms with E-state index in [4.69, 9.17) is 0 Å². The smallest absolute Gasteiger partial charge is 0.223 e. The van der Waals surface area contributed by atoms with Crippen LogP contribution in [0.15, 0.2) is 30.3 Å². The quantitative estimate of drug-likeness (QED) is 0.911. The van der Waals surface area contributed by atoms with Gasteiger partial charge < -0.3 is 15.1 Å². The van der Waals surface area contributed by atoms with Gasteiger partial charge in [-0.3, -0.25) is 4.79 Å². The average Bonchev–Trinajstić information content (AvgIpc) is 2.97. The van der Waals surface area contributed by atoms with Crippen LogP contribution in [0.3, 0.4) is 0 Å². The molecule has 0 aromatic heterocycles. The summed E-state index contributed by atoms with van der Waals surface area (Å²) in [5.74, 6) is 0.315. The zero-order valence-electron chi connectivity index (χ0n) is 14.0. The lowest BCUT2D eigenvalue weighted by molar-refractivity contribution is -0.132. The Morgan fingerprint density at radius 2 is 1.87 bits per heavy atom. The van der Waals surface area contributed by atoms with Crippen molar-refractivity contribution in [3.63, 3.8) is 0 Å². The third-order valence-corrected chi connectivity index (χ3v) is 5.13. The second-order valence-corrected chi connectivity index (χ2v) is 6.83. The topological polar surface area (TPSA) is 35.6 Å². The number of halogens is 1. The van der Waals surface area contributed by atoms with Gasteiger partial charge in [0.2, 0.25) is 5.91 Å². The Bertz CT molecular complexity index is 504. The van der Waals surface area contributed by atoms with Crippen molar-refractivity contribution in [2.24, 2.45) is 0 Å². The van der Waals surface area contributed by atoms with E-state index in [1.54, 1.807) is 0 Å². The summed E-state index contributed by atoms with van der Waals surface area (Å²) in [4.78, 5) is 16.7. The monoisotopic (exact) mass is 337 g/mol. The molecule has 1 amide bonds. The van der Waals surface area contributed by atoms with Crippen LogP contribution in [0.25, 0.3) is 0 Å². The lowest BCUT2D eigenvalue weighted by Gasteiger charge is -2.29. The Morgan fingerprint density at radius 1 is 1.17 bits per heavy atom. The van der Waals surface area contributed by atoms with Gasteiger partial charge in [0, 0.05) is 51.1 Å². The normalized spacial score (nSPS) is 25.2. The summed E-state index contributed by atoms with van der Waals surface area (Å²) in [5, 5.41) is 3.29. The van der Waals surface area contributed by atoms with Crippen LogP contribution in [-0.4, -0.2) is 61.5 Å². The van der Waals surface area contributed by atoms with Crippen LogP contribution in [-0.2, 0) is 10.2 Å². The van der Waals surface area contributed by atoms with Gasteiger partial charge in [-0.15, -0.1) is 12.4 Å². The molecular weight excluding hydrogens is 310 g/mol. The number of benzene rings is 1. The van der Waals surface area contributed by atoms with Crippen molar-refractivity contribution in [3.8, 4) is 0 Å². The number of likely N-dealkylation sites (tertiary alicyclic amines) is 1. The SMILES string of the molecule is CC1(c2ccccc2)CCN(CCC(=O)N2CCNCC2)C1.Cl. The van der Waals surface area contributed by atoms with E-state index >= 15 is 0 Å². The largest absolute Gasteiger partial charge is 0.340 e. The number of nitrogens with one attached hydrogen (secondary N) is 1. The minimum atomic E-state index is 0. The maximum Gasteiger partial charge on any atom is 0.223 e. The Hall–Kier alpha value is -1.10. The molecule has 0 radical (unpaired) electrons. The number of piperazine rings is 1. The van der Waals surface area contributed by atoms with Gasteiger partial charge in [0.1, 0.15) is 0 Å². The minimum Gasteiger partial charge on any atom is -0.340 e. The fourth-order valence-corrected chi connectivity index (χ4v) is 3.65. The summed E-state index contributed by atoms with van der Waals surface area (Å²) < 4.78 is 0. The van der Waals surface area contributed by atoms with Gasteiger partial charge in [0.15, 0.2) is 0 Å². The van der Waals surface area contributed by atoms with Crippen LogP contribution in [0, 0.1) is 0 Å². The van der Waals surface area contributed by atoms with Crippen LogP contribution in [0.5, 0.6) is 0 Å². The van der Waals surface area contributed by atoms with Gasteiger partial charge in [0.05, 0.1) is 0 Å². The molecule has 2 fully saturated rings. The van der Waals surface area contributed by atoms with Crippen molar-refractivity contribution in [1.29, 1.82) is 0 Å². The summed E-state index contributed by atoms with van der Waals surface area (Å²) in [7, 11) is 0. The maximum atomic E-state index is 12.3. The lowest BCUT2D eigenvalue weighted by atomic mass is 9.82. The van der Waals surface area contributed by atoms with E-state index in [1.165, 1.54) is 12.0 Å². The molecule has 23 heavy (non-hydrogen) atoms. The standard InChI is InChI=1S/C18H27N3O.ClH/c1-18(16-5-3-2-4-6-16)8-12-20(15-18)11-7-17(22)21-13-9-19-10-14-21;/h2-6,19H,7-15H2,1H3;1H. The first-order chi connectivity index (χ1) is 10.7. The third kappa shape index (κ3) is 4.46. The highest BCUT2D eigenvalue weighted by Crippen LogP contribution is 2.33. The lowest BCUT2D eigenvalue weighted by Crippen LogP contribution is -2.47. The Kier molecular flexibility index (Phi) is 6.45. The number of nitrogens with zero attached hydrogens (tertiary/aromatic N) is 2. The van der Waals surface area contributed by atoms with Crippen LogP contribution < -0.4 is 5.32 Å². The molecule has 2 aliphatic heterocycles. The molecule has 0 bridgehead atoms. The maximum absolute atomic E-state index is 12.3. The number of hydrogen-bond acceptors (Lipinski definition) is 3. The molecule has 1 atom stereocenters. The fraction of sp³-hybridized carbons (Fsp3) is 0.611. The fourth-order valence-electron chi connectivity index (χ4n) is 3.65. The first-order valence-corrected chi connectivity index (χ1v) is 8.44. The predicted octanol–water partition coefficient (Wildman–Crippen LogP) is 1.89. The molecule has 128 valence electrons. The molecule has 1 N–H and O–H groups in total. The van der Waals surface area contributed by atoms with Gasteiger partial charge in [-0.2, -0.15) is 0 Å². The van der Waals surface area contributed by atoms with Gasteiger partial charge in [-0.25, -0.2) is 0 Å². The highest BCUT2D eigenvalue weighted by molar-refractivity contribution is 5.85. The van der Waals surface area contributed by atoms with E-state index in [0.717, 1.165) is 45.8 Å². The molecular formula is C18H28ClN3O. The molecule has 3 rings (SSSR count). The zero-order valence-corrected chi connectivity index (χ0v) is 14.8. The van der Waals surface area contributed by atoms with E-state index in [0.29, 0.717) is 12.3 Å². The van der Waals surface area contributed by atoms with Crippen molar-refractivity contribution < 1.29 is 4.79 Å². The van der Waals surface area contributed by atoms with Crippen molar-refractivity contribution in [3.05, 3.63) is 35.9 Å². The summed E-state index contributed by atoms with van der Waals surface area (Å²) in [6, 6.07) is 10.8. The van der Waals surface area contributed by atoms with Crippen LogP contribution in [0.1, 0.15) is 25.3 Å². The van der Waals surface area contributed by atoms with Gasteiger partial charge in [0.25, 0.3) is 0 Å². The van der Waals surface area contributed by atoms with E-state index in [2.05, 4.69) is 47.5 Å². The Morgan fingerprint density at radius 3 is 2.57 bits per heavy atom. The van der Waals surface area contributed by atoms with E-state index in [9.17, 15) is 4.79 Å². The molecule has 4 nitrogen and oxygen atoms in total. The van der Waals surface area contributed by atoms with Gasteiger partial charge >= 0.3 is 0 Å². The second-order valence-electron chi connectivity index (χ2n) is 6.83. The van der Waals surface area contributed by atoms with Gasteiger partial charge in [-0.1, -0.05) is 37.3 Å². The molecule has 1 aromatic rings. The molecule has 0 saturated carbocycles. The molecule has 2 aliphatic rings. The van der Waals surface area contributed by atoms with Crippen LogP contribution in [0.2, 0.25) is 0 Å². The summed E-state index contributed by atoms with van der Waals surface area (Å²) in [5.41, 5.74) is 1.66. The molecule has 0 spiro atoms. The Balaban J connectivity index is 0.00000192. The summed E-state index contributed by atoms with van der Waals surface area (Å²) >= 11 is 0. The molecule has 0 aliphatic carbocycles. The summed E-state index contributed by atoms with van der Waals surface area (Å²) in [6.07, 6.45) is 1.84. The second kappa shape index (κ2) is 8.13. The highest BCUT2D eigenvalue weighted by Gasteiger charge is 2.35. The van der Waals surface area contributed by atoms with E-state index in [-0.39, 0.29) is 17.8 Å². The van der Waals surface area contributed by atoms with E-state index in [1.807, 2.05) is 4.90 Å². The van der Waals surface area contributed by atoms with Crippen molar-refractivity contribution in [1.82, 2.24) is 15.1 Å². The molecule has 2 saturated heterocycles. The third-order valence-electron chi connectivity index (χ3n) is 5.13. The molecule has 1 unspecified atom stereocenters. The number of rotatable bonds is 4. The first kappa shape index (κ1) is 18.2. The van der Waals surface area contributed by atoms with Crippen LogP contribution >= 0.6 is 12.4 Å². The minimum absolute atomic E-state index is 0. The first-order valence-electron chi connectivity index (χ1n) is 8.44.